The molecule has 1 rings (SSSR count). The SMILES string of the molecule is CCCOC(=O)CCC(C#N)(CCC(=O)OCCC)c1ccc(F)cc1F. The molecular weight excluding hydrogens is 356 g/mol. The summed E-state index contributed by atoms with van der Waals surface area (Å²) in [7, 11) is 0. The Balaban J connectivity index is 3.03. The van der Waals surface area contributed by atoms with E-state index in [2.05, 4.69) is 0 Å². The van der Waals surface area contributed by atoms with Crippen molar-refractivity contribution in [2.45, 2.75) is 57.8 Å². The Kier molecular flexibility index (Phi) is 9.41. The monoisotopic (exact) mass is 381 g/mol. The quantitative estimate of drug-likeness (QED) is 0.537. The summed E-state index contributed by atoms with van der Waals surface area (Å²) in [6.45, 7) is 4.21. The van der Waals surface area contributed by atoms with Crippen LogP contribution in [0.25, 0.3) is 0 Å². The van der Waals surface area contributed by atoms with Gasteiger partial charge in [0.2, 0.25) is 0 Å². The third kappa shape index (κ3) is 6.97. The number of nitrogens with zero attached hydrogens (tertiary/aromatic N) is 1. The predicted octanol–water partition coefficient (Wildman–Crippen LogP) is 4.19. The number of carbonyl (C=O) groups is 2. The molecule has 0 amide bonds. The van der Waals surface area contributed by atoms with E-state index < -0.39 is 29.0 Å². The number of esters is 2. The molecule has 27 heavy (non-hydrogen) atoms. The summed E-state index contributed by atoms with van der Waals surface area (Å²) in [5, 5.41) is 9.79. The molecule has 0 saturated heterocycles. The van der Waals surface area contributed by atoms with Crippen LogP contribution in [0.3, 0.4) is 0 Å². The number of hydrogen-bond acceptors (Lipinski definition) is 5. The van der Waals surface area contributed by atoms with E-state index in [0.717, 1.165) is 6.07 Å². The number of rotatable bonds is 11. The van der Waals surface area contributed by atoms with Gasteiger partial charge in [-0.1, -0.05) is 19.9 Å². The van der Waals surface area contributed by atoms with Crippen LogP contribution in [0.15, 0.2) is 18.2 Å². The minimum atomic E-state index is -1.46. The van der Waals surface area contributed by atoms with E-state index in [1.165, 1.54) is 6.07 Å². The normalized spacial score (nSPS) is 10.9. The summed E-state index contributed by atoms with van der Waals surface area (Å²) in [5.74, 6) is -2.67. The summed E-state index contributed by atoms with van der Waals surface area (Å²) < 4.78 is 37.6. The lowest BCUT2D eigenvalue weighted by Gasteiger charge is -2.27. The molecule has 0 aromatic heterocycles. The zero-order valence-electron chi connectivity index (χ0n) is 15.7. The van der Waals surface area contributed by atoms with Crippen molar-refractivity contribution in [1.29, 1.82) is 5.26 Å². The van der Waals surface area contributed by atoms with E-state index in [4.69, 9.17) is 9.47 Å². The molecule has 0 spiro atoms. The largest absolute Gasteiger partial charge is 0.466 e. The van der Waals surface area contributed by atoms with Gasteiger partial charge >= 0.3 is 11.9 Å². The minimum absolute atomic E-state index is 0.0435. The zero-order chi connectivity index (χ0) is 20.3. The second-order valence-corrected chi connectivity index (χ2v) is 6.26. The van der Waals surface area contributed by atoms with Gasteiger partial charge in [0.25, 0.3) is 0 Å². The molecule has 0 aliphatic rings. The lowest BCUT2D eigenvalue weighted by Crippen LogP contribution is -2.28. The summed E-state index contributed by atoms with van der Waals surface area (Å²) in [6, 6.07) is 4.96. The molecule has 7 heteroatoms. The molecule has 1 aromatic rings. The molecule has 0 atom stereocenters. The molecule has 0 aliphatic carbocycles. The van der Waals surface area contributed by atoms with Crippen molar-refractivity contribution in [1.82, 2.24) is 0 Å². The van der Waals surface area contributed by atoms with Gasteiger partial charge in [0.1, 0.15) is 11.6 Å². The van der Waals surface area contributed by atoms with Crippen molar-refractivity contribution >= 4 is 11.9 Å². The van der Waals surface area contributed by atoms with Crippen molar-refractivity contribution in [3.63, 3.8) is 0 Å². The topological polar surface area (TPSA) is 76.4 Å². The molecule has 0 N–H and O–H groups in total. The fraction of sp³-hybridized carbons (Fsp3) is 0.550. The maximum absolute atomic E-state index is 14.4. The molecule has 1 aromatic carbocycles. The zero-order valence-corrected chi connectivity index (χ0v) is 15.7. The summed E-state index contributed by atoms with van der Waals surface area (Å²) in [5.41, 5.74) is -1.51. The molecule has 0 radical (unpaired) electrons. The van der Waals surface area contributed by atoms with Gasteiger partial charge in [0.15, 0.2) is 0 Å². The second kappa shape index (κ2) is 11.3. The number of carbonyl (C=O) groups excluding carboxylic acids is 2. The summed E-state index contributed by atoms with van der Waals surface area (Å²) >= 11 is 0. The van der Waals surface area contributed by atoms with E-state index in [1.807, 2.05) is 19.9 Å². The standard InChI is InChI=1S/C20H25F2NO4/c1-3-11-26-18(24)7-9-20(14-23,10-8-19(25)27-12-4-2)16-6-5-15(21)13-17(16)22/h5-6,13H,3-4,7-12H2,1-2H3. The van der Waals surface area contributed by atoms with Crippen molar-refractivity contribution in [3.8, 4) is 6.07 Å². The Labute approximate surface area is 158 Å². The molecule has 0 aliphatic heterocycles. The first-order valence-electron chi connectivity index (χ1n) is 9.06. The van der Waals surface area contributed by atoms with E-state index in [0.29, 0.717) is 18.9 Å². The van der Waals surface area contributed by atoms with Crippen molar-refractivity contribution in [2.75, 3.05) is 13.2 Å². The van der Waals surface area contributed by atoms with Gasteiger partial charge in [0.05, 0.1) is 24.7 Å². The van der Waals surface area contributed by atoms with Crippen LogP contribution in [0.4, 0.5) is 8.78 Å². The second-order valence-electron chi connectivity index (χ2n) is 6.26. The highest BCUT2D eigenvalue weighted by molar-refractivity contribution is 5.70. The first-order valence-corrected chi connectivity index (χ1v) is 9.06. The molecular formula is C20H25F2NO4. The van der Waals surface area contributed by atoms with Gasteiger partial charge in [-0.15, -0.1) is 0 Å². The Morgan fingerprint density at radius 1 is 1.04 bits per heavy atom. The number of halogens is 2. The Bertz CT molecular complexity index is 661. The first kappa shape index (κ1) is 22.6. The highest BCUT2D eigenvalue weighted by Crippen LogP contribution is 2.36. The Hall–Kier alpha value is -2.49. The number of benzene rings is 1. The van der Waals surface area contributed by atoms with Gasteiger partial charge in [-0.3, -0.25) is 9.59 Å². The lowest BCUT2D eigenvalue weighted by atomic mass is 9.74. The van der Waals surface area contributed by atoms with Gasteiger partial charge in [-0.2, -0.15) is 5.26 Å². The van der Waals surface area contributed by atoms with Gasteiger partial charge in [-0.05, 0) is 31.7 Å². The van der Waals surface area contributed by atoms with Crippen LogP contribution in [0.1, 0.15) is 57.9 Å². The Morgan fingerprint density at radius 2 is 1.56 bits per heavy atom. The summed E-state index contributed by atoms with van der Waals surface area (Å²) in [6.07, 6.45) is 0.990. The van der Waals surface area contributed by atoms with Crippen molar-refractivity contribution < 1.29 is 27.8 Å². The molecule has 0 unspecified atom stereocenters. The average molecular weight is 381 g/mol. The first-order chi connectivity index (χ1) is 12.9. The summed E-state index contributed by atoms with van der Waals surface area (Å²) in [4.78, 5) is 23.7. The maximum atomic E-state index is 14.4. The van der Waals surface area contributed by atoms with Crippen LogP contribution in [0, 0.1) is 23.0 Å². The van der Waals surface area contributed by atoms with E-state index >= 15 is 0 Å². The molecule has 0 saturated carbocycles. The average Bonchev–Trinajstić information content (AvgIpc) is 2.65. The minimum Gasteiger partial charge on any atom is -0.466 e. The van der Waals surface area contributed by atoms with E-state index in [9.17, 15) is 23.6 Å². The van der Waals surface area contributed by atoms with Crippen LogP contribution in [0.2, 0.25) is 0 Å². The van der Waals surface area contributed by atoms with Crippen LogP contribution in [-0.4, -0.2) is 25.2 Å². The van der Waals surface area contributed by atoms with Crippen molar-refractivity contribution in [2.24, 2.45) is 0 Å². The van der Waals surface area contributed by atoms with E-state index in [1.54, 1.807) is 0 Å². The third-order valence-electron chi connectivity index (χ3n) is 4.11. The van der Waals surface area contributed by atoms with Gasteiger partial charge in [-0.25, -0.2) is 8.78 Å². The highest BCUT2D eigenvalue weighted by atomic mass is 19.1. The van der Waals surface area contributed by atoms with Crippen LogP contribution < -0.4 is 0 Å². The van der Waals surface area contributed by atoms with Crippen LogP contribution >= 0.6 is 0 Å². The third-order valence-corrected chi connectivity index (χ3v) is 4.11. The fourth-order valence-corrected chi connectivity index (χ4v) is 2.65. The van der Waals surface area contributed by atoms with Gasteiger partial charge < -0.3 is 9.47 Å². The number of nitriles is 1. The highest BCUT2D eigenvalue weighted by Gasteiger charge is 2.36. The molecule has 0 bridgehead atoms. The van der Waals surface area contributed by atoms with Crippen LogP contribution in [0.5, 0.6) is 0 Å². The van der Waals surface area contributed by atoms with Crippen molar-refractivity contribution in [3.05, 3.63) is 35.4 Å². The molecule has 148 valence electrons. The molecule has 5 nitrogen and oxygen atoms in total. The number of hydrogen-bond donors (Lipinski definition) is 0. The van der Waals surface area contributed by atoms with E-state index in [-0.39, 0.29) is 44.5 Å². The smallest absolute Gasteiger partial charge is 0.305 e. The fourth-order valence-electron chi connectivity index (χ4n) is 2.65. The number of ether oxygens (including phenoxy) is 2. The van der Waals surface area contributed by atoms with Gasteiger partial charge in [0, 0.05) is 24.5 Å². The maximum Gasteiger partial charge on any atom is 0.305 e. The Morgan fingerprint density at radius 3 is 1.96 bits per heavy atom. The molecule has 0 fully saturated rings. The predicted molar refractivity (Wildman–Crippen MR) is 94.6 cm³/mol. The lowest BCUT2D eigenvalue weighted by molar-refractivity contribution is -0.144. The van der Waals surface area contributed by atoms with Crippen LogP contribution in [-0.2, 0) is 24.5 Å². The molecule has 0 heterocycles.